The largest absolute Gasteiger partial charge is 0.481 e. The van der Waals surface area contributed by atoms with Gasteiger partial charge in [-0.15, -0.1) is 0 Å². The average molecular weight is 325 g/mol. The average Bonchev–Trinajstić information content (AvgIpc) is 2.54. The standard InChI is InChI=1S/C17H21F2NO3/c18-14-5-1-4-13(17(14)19)7-8-15(21)20-10-2-3-12(11-20)6-9-16(22)23/h1,4-5,12H,2-3,6-11H2,(H,22,23)/t12-/m0/s1. The molecule has 1 aromatic carbocycles. The molecule has 6 heteroatoms. The first-order valence-corrected chi connectivity index (χ1v) is 7.90. The lowest BCUT2D eigenvalue weighted by atomic mass is 9.93. The highest BCUT2D eigenvalue weighted by Crippen LogP contribution is 2.22. The van der Waals surface area contributed by atoms with Gasteiger partial charge in [0.15, 0.2) is 11.6 Å². The fraction of sp³-hybridized carbons (Fsp3) is 0.529. The van der Waals surface area contributed by atoms with Crippen LogP contribution in [-0.2, 0) is 16.0 Å². The lowest BCUT2D eigenvalue weighted by Crippen LogP contribution is -2.40. The predicted octanol–water partition coefficient (Wildman–Crippen LogP) is 3.00. The van der Waals surface area contributed by atoms with Crippen LogP contribution < -0.4 is 0 Å². The van der Waals surface area contributed by atoms with Crippen LogP contribution in [0.3, 0.4) is 0 Å². The Labute approximate surface area is 134 Å². The molecule has 4 nitrogen and oxygen atoms in total. The molecule has 1 heterocycles. The van der Waals surface area contributed by atoms with Crippen LogP contribution in [0.25, 0.3) is 0 Å². The number of hydrogen-bond donors (Lipinski definition) is 1. The molecule has 0 radical (unpaired) electrons. The van der Waals surface area contributed by atoms with Gasteiger partial charge in [0, 0.05) is 25.9 Å². The second-order valence-corrected chi connectivity index (χ2v) is 5.99. The molecule has 0 unspecified atom stereocenters. The van der Waals surface area contributed by atoms with Crippen molar-refractivity contribution in [3.05, 3.63) is 35.4 Å². The van der Waals surface area contributed by atoms with Crippen molar-refractivity contribution in [1.82, 2.24) is 4.90 Å². The zero-order chi connectivity index (χ0) is 16.8. The van der Waals surface area contributed by atoms with E-state index >= 15 is 0 Å². The molecule has 1 aliphatic rings. The smallest absolute Gasteiger partial charge is 0.303 e. The summed E-state index contributed by atoms with van der Waals surface area (Å²) in [4.78, 5) is 24.6. The normalized spacial score (nSPS) is 18.0. The third-order valence-corrected chi connectivity index (χ3v) is 4.28. The number of carboxylic acids is 1. The summed E-state index contributed by atoms with van der Waals surface area (Å²) < 4.78 is 26.7. The number of nitrogens with zero attached hydrogens (tertiary/aromatic N) is 1. The number of carbonyl (C=O) groups is 2. The molecule has 0 aliphatic carbocycles. The van der Waals surface area contributed by atoms with E-state index in [0.717, 1.165) is 18.9 Å². The fourth-order valence-corrected chi connectivity index (χ4v) is 3.00. The van der Waals surface area contributed by atoms with Crippen LogP contribution in [-0.4, -0.2) is 35.0 Å². The second kappa shape index (κ2) is 8.04. The van der Waals surface area contributed by atoms with Gasteiger partial charge in [-0.3, -0.25) is 9.59 Å². The Morgan fingerprint density at radius 2 is 2.04 bits per heavy atom. The summed E-state index contributed by atoms with van der Waals surface area (Å²) >= 11 is 0. The number of carbonyl (C=O) groups excluding carboxylic acids is 1. The first-order chi connectivity index (χ1) is 11.0. The maximum Gasteiger partial charge on any atom is 0.303 e. The zero-order valence-corrected chi connectivity index (χ0v) is 12.9. The number of piperidine rings is 1. The van der Waals surface area contributed by atoms with Crippen LogP contribution in [0.1, 0.15) is 37.7 Å². The van der Waals surface area contributed by atoms with Crippen LogP contribution in [0.15, 0.2) is 18.2 Å². The molecule has 0 saturated carbocycles. The van der Waals surface area contributed by atoms with E-state index in [1.165, 1.54) is 12.1 Å². The minimum Gasteiger partial charge on any atom is -0.481 e. The van der Waals surface area contributed by atoms with Crippen molar-refractivity contribution >= 4 is 11.9 Å². The van der Waals surface area contributed by atoms with E-state index in [1.807, 2.05) is 0 Å². The van der Waals surface area contributed by atoms with Gasteiger partial charge >= 0.3 is 5.97 Å². The Hall–Kier alpha value is -1.98. The second-order valence-electron chi connectivity index (χ2n) is 5.99. The molecule has 1 aliphatic heterocycles. The quantitative estimate of drug-likeness (QED) is 0.875. The molecular weight excluding hydrogens is 304 g/mol. The molecule has 0 aromatic heterocycles. The number of aliphatic carboxylic acids is 1. The van der Waals surface area contributed by atoms with Gasteiger partial charge in [-0.1, -0.05) is 12.1 Å². The summed E-state index contributed by atoms with van der Waals surface area (Å²) in [5.41, 5.74) is 0.206. The molecule has 1 amide bonds. The van der Waals surface area contributed by atoms with Crippen molar-refractivity contribution in [3.63, 3.8) is 0 Å². The molecule has 1 saturated heterocycles. The van der Waals surface area contributed by atoms with Crippen LogP contribution >= 0.6 is 0 Å². The molecule has 1 fully saturated rings. The number of aryl methyl sites for hydroxylation is 1. The van der Waals surface area contributed by atoms with Crippen molar-refractivity contribution in [3.8, 4) is 0 Å². The van der Waals surface area contributed by atoms with E-state index in [4.69, 9.17) is 5.11 Å². The fourth-order valence-electron chi connectivity index (χ4n) is 3.00. The first kappa shape index (κ1) is 17.4. The number of likely N-dealkylation sites (tertiary alicyclic amines) is 1. The summed E-state index contributed by atoms with van der Waals surface area (Å²) in [5.74, 6) is -2.50. The molecule has 0 spiro atoms. The number of rotatable bonds is 6. The van der Waals surface area contributed by atoms with Gasteiger partial charge in [-0.05, 0) is 43.2 Å². The first-order valence-electron chi connectivity index (χ1n) is 7.90. The monoisotopic (exact) mass is 325 g/mol. The highest BCUT2D eigenvalue weighted by atomic mass is 19.2. The topological polar surface area (TPSA) is 57.6 Å². The third-order valence-electron chi connectivity index (χ3n) is 4.28. The van der Waals surface area contributed by atoms with Gasteiger partial charge in [-0.2, -0.15) is 0 Å². The van der Waals surface area contributed by atoms with Crippen LogP contribution in [0.5, 0.6) is 0 Å². The van der Waals surface area contributed by atoms with E-state index in [1.54, 1.807) is 4.90 Å². The highest BCUT2D eigenvalue weighted by molar-refractivity contribution is 5.76. The van der Waals surface area contributed by atoms with Crippen molar-refractivity contribution < 1.29 is 23.5 Å². The van der Waals surface area contributed by atoms with Crippen LogP contribution in [0.4, 0.5) is 8.78 Å². The van der Waals surface area contributed by atoms with Gasteiger partial charge in [0.05, 0.1) is 0 Å². The van der Waals surface area contributed by atoms with Gasteiger partial charge in [-0.25, -0.2) is 8.78 Å². The Morgan fingerprint density at radius 1 is 1.26 bits per heavy atom. The van der Waals surface area contributed by atoms with Crippen LogP contribution in [0.2, 0.25) is 0 Å². The summed E-state index contributed by atoms with van der Waals surface area (Å²) in [6.07, 6.45) is 2.75. The zero-order valence-electron chi connectivity index (χ0n) is 12.9. The summed E-state index contributed by atoms with van der Waals surface area (Å²) in [6.45, 7) is 1.20. The van der Waals surface area contributed by atoms with Crippen molar-refractivity contribution in [1.29, 1.82) is 0 Å². The van der Waals surface area contributed by atoms with Gasteiger partial charge < -0.3 is 10.0 Å². The van der Waals surface area contributed by atoms with Gasteiger partial charge in [0.1, 0.15) is 0 Å². The van der Waals surface area contributed by atoms with Crippen molar-refractivity contribution in [2.24, 2.45) is 5.92 Å². The predicted molar refractivity (Wildman–Crippen MR) is 80.9 cm³/mol. The van der Waals surface area contributed by atoms with E-state index < -0.39 is 17.6 Å². The highest BCUT2D eigenvalue weighted by Gasteiger charge is 2.24. The molecular formula is C17H21F2NO3. The molecule has 2 rings (SSSR count). The number of benzene rings is 1. The Kier molecular flexibility index (Phi) is 6.07. The molecule has 1 aromatic rings. The SMILES string of the molecule is O=C(O)CC[C@@H]1CCCN(C(=O)CCc2cccc(F)c2F)C1. The molecule has 126 valence electrons. The lowest BCUT2D eigenvalue weighted by Gasteiger charge is -2.32. The van der Waals surface area contributed by atoms with Gasteiger partial charge in [0.2, 0.25) is 5.91 Å². The third kappa shape index (κ3) is 5.01. The van der Waals surface area contributed by atoms with Crippen molar-refractivity contribution in [2.45, 2.75) is 38.5 Å². The molecule has 1 N–H and O–H groups in total. The molecule has 0 bridgehead atoms. The number of carboxylic acid groups (broad SMARTS) is 1. The van der Waals surface area contributed by atoms with E-state index in [0.29, 0.717) is 19.5 Å². The van der Waals surface area contributed by atoms with Crippen molar-refractivity contribution in [2.75, 3.05) is 13.1 Å². The van der Waals surface area contributed by atoms with Crippen LogP contribution in [0, 0.1) is 17.6 Å². The summed E-state index contributed by atoms with van der Waals surface area (Å²) in [5, 5.41) is 8.73. The lowest BCUT2D eigenvalue weighted by molar-refractivity contribution is -0.137. The number of amides is 1. The summed E-state index contributed by atoms with van der Waals surface area (Å²) in [7, 11) is 0. The molecule has 23 heavy (non-hydrogen) atoms. The Morgan fingerprint density at radius 3 is 2.78 bits per heavy atom. The minimum atomic E-state index is -0.901. The minimum absolute atomic E-state index is 0.0892. The number of hydrogen-bond acceptors (Lipinski definition) is 2. The Bertz CT molecular complexity index is 577. The maximum atomic E-state index is 13.6. The van der Waals surface area contributed by atoms with Gasteiger partial charge in [0.25, 0.3) is 0 Å². The Balaban J connectivity index is 1.85. The van der Waals surface area contributed by atoms with E-state index in [9.17, 15) is 18.4 Å². The number of halogens is 2. The van der Waals surface area contributed by atoms with E-state index in [-0.39, 0.29) is 36.7 Å². The van der Waals surface area contributed by atoms with E-state index in [2.05, 4.69) is 0 Å². The molecule has 1 atom stereocenters. The summed E-state index contributed by atoms with van der Waals surface area (Å²) in [6, 6.07) is 3.97. The maximum absolute atomic E-state index is 13.6.